The lowest BCUT2D eigenvalue weighted by Gasteiger charge is -2.26. The summed E-state index contributed by atoms with van der Waals surface area (Å²) in [5.41, 5.74) is 0.450. The van der Waals surface area contributed by atoms with Crippen molar-refractivity contribution in [3.05, 3.63) is 94.8 Å². The molecule has 0 aromatic heterocycles. The van der Waals surface area contributed by atoms with Crippen molar-refractivity contribution in [1.29, 1.82) is 0 Å². The first-order chi connectivity index (χ1) is 14.8. The number of hydrogen-bond donors (Lipinski definition) is 2. The SMILES string of the molecule is C[C@@H](c1ccccc1F)c1c(F)ccc2c1NC(=NCc1ccccc1F)NS2(=O)=O. The Bertz CT molecular complexity index is 1290. The van der Waals surface area contributed by atoms with Gasteiger partial charge in [0.05, 0.1) is 12.2 Å². The standard InChI is InChI=1S/C22H18F3N3O2S/c1-13(15-7-3-5-9-17(15)24)20-18(25)10-11-19-21(20)27-22(28-31(19,29)30)26-12-14-6-2-4-8-16(14)23/h2-11,13H,12H2,1H3,(H2,26,27,28)/t13-/m0/s1. The van der Waals surface area contributed by atoms with Crippen molar-refractivity contribution in [2.45, 2.75) is 24.3 Å². The molecule has 1 aliphatic rings. The van der Waals surface area contributed by atoms with Gasteiger partial charge in [-0.2, -0.15) is 0 Å². The predicted molar refractivity (Wildman–Crippen MR) is 112 cm³/mol. The molecule has 0 bridgehead atoms. The molecule has 0 unspecified atom stereocenters. The molecule has 160 valence electrons. The third kappa shape index (κ3) is 4.00. The highest BCUT2D eigenvalue weighted by molar-refractivity contribution is 7.90. The summed E-state index contributed by atoms with van der Waals surface area (Å²) in [6.07, 6.45) is 0. The number of aliphatic imine (C=N–C) groups is 1. The zero-order valence-corrected chi connectivity index (χ0v) is 17.2. The Morgan fingerprint density at radius 3 is 2.29 bits per heavy atom. The van der Waals surface area contributed by atoms with E-state index < -0.39 is 33.4 Å². The molecule has 2 N–H and O–H groups in total. The Kier molecular flexibility index (Phi) is 5.45. The molecule has 5 nitrogen and oxygen atoms in total. The molecular formula is C22H18F3N3O2S. The molecule has 0 saturated heterocycles. The maximum Gasteiger partial charge on any atom is 0.266 e. The van der Waals surface area contributed by atoms with E-state index in [1.165, 1.54) is 36.4 Å². The molecule has 31 heavy (non-hydrogen) atoms. The minimum Gasteiger partial charge on any atom is -0.324 e. The van der Waals surface area contributed by atoms with E-state index >= 15 is 0 Å². The molecule has 0 radical (unpaired) electrons. The summed E-state index contributed by atoms with van der Waals surface area (Å²) in [6.45, 7) is 1.45. The Labute approximate surface area is 177 Å². The molecule has 9 heteroatoms. The van der Waals surface area contributed by atoms with Gasteiger partial charge in [0.25, 0.3) is 10.0 Å². The Hall–Kier alpha value is -3.33. The second-order valence-electron chi connectivity index (χ2n) is 7.06. The predicted octanol–water partition coefficient (Wildman–Crippen LogP) is 4.52. The fraction of sp³-hybridized carbons (Fsp3) is 0.136. The second-order valence-corrected chi connectivity index (χ2v) is 8.71. The number of nitrogens with one attached hydrogen (secondary N) is 2. The average Bonchev–Trinajstić information content (AvgIpc) is 2.72. The topological polar surface area (TPSA) is 70.6 Å². The molecule has 0 saturated carbocycles. The number of hydrogen-bond acceptors (Lipinski definition) is 3. The highest BCUT2D eigenvalue weighted by Gasteiger charge is 2.32. The van der Waals surface area contributed by atoms with Crippen molar-refractivity contribution < 1.29 is 21.6 Å². The van der Waals surface area contributed by atoms with Crippen molar-refractivity contribution in [3.63, 3.8) is 0 Å². The van der Waals surface area contributed by atoms with Crippen LogP contribution >= 0.6 is 0 Å². The van der Waals surface area contributed by atoms with Gasteiger partial charge in [0.15, 0.2) is 0 Å². The first-order valence-corrected chi connectivity index (χ1v) is 10.9. The molecule has 4 rings (SSSR count). The normalized spacial score (nSPS) is 16.8. The van der Waals surface area contributed by atoms with Crippen LogP contribution in [0.3, 0.4) is 0 Å². The van der Waals surface area contributed by atoms with Gasteiger partial charge in [-0.3, -0.25) is 0 Å². The molecule has 0 spiro atoms. The number of fused-ring (bicyclic) bond motifs is 1. The number of nitrogens with zero attached hydrogens (tertiary/aromatic N) is 1. The number of benzene rings is 3. The van der Waals surface area contributed by atoms with Gasteiger partial charge in [0, 0.05) is 17.0 Å². The van der Waals surface area contributed by atoms with Crippen LogP contribution in [0.1, 0.15) is 29.5 Å². The van der Waals surface area contributed by atoms with Crippen molar-refractivity contribution in [3.8, 4) is 0 Å². The summed E-state index contributed by atoms with van der Waals surface area (Å²) in [7, 11) is -4.07. The van der Waals surface area contributed by atoms with E-state index in [0.717, 1.165) is 12.1 Å². The summed E-state index contributed by atoms with van der Waals surface area (Å²) in [4.78, 5) is 3.92. The van der Waals surface area contributed by atoms with Crippen LogP contribution in [0.4, 0.5) is 18.9 Å². The van der Waals surface area contributed by atoms with Gasteiger partial charge in [0.1, 0.15) is 22.3 Å². The molecule has 1 aliphatic heterocycles. The lowest BCUT2D eigenvalue weighted by atomic mass is 9.91. The third-order valence-corrected chi connectivity index (χ3v) is 6.47. The number of guanidine groups is 1. The lowest BCUT2D eigenvalue weighted by molar-refractivity contribution is 0.577. The van der Waals surface area contributed by atoms with Gasteiger partial charge < -0.3 is 5.32 Å². The van der Waals surface area contributed by atoms with Gasteiger partial charge in [-0.15, -0.1) is 0 Å². The second kappa shape index (κ2) is 8.07. The zero-order chi connectivity index (χ0) is 22.2. The van der Waals surface area contributed by atoms with Gasteiger partial charge in [-0.05, 0) is 29.8 Å². The van der Waals surface area contributed by atoms with Crippen LogP contribution in [0.5, 0.6) is 0 Å². The average molecular weight is 445 g/mol. The summed E-state index contributed by atoms with van der Waals surface area (Å²) in [6, 6.07) is 14.0. The van der Waals surface area contributed by atoms with Crippen LogP contribution in [0.15, 0.2) is 70.6 Å². The monoisotopic (exact) mass is 445 g/mol. The van der Waals surface area contributed by atoms with Crippen LogP contribution in [-0.2, 0) is 16.6 Å². The summed E-state index contributed by atoms with van der Waals surface area (Å²) >= 11 is 0. The molecule has 3 aromatic rings. The van der Waals surface area contributed by atoms with Crippen molar-refractivity contribution >= 4 is 21.7 Å². The van der Waals surface area contributed by atoms with Crippen molar-refractivity contribution in [2.24, 2.45) is 4.99 Å². The summed E-state index contributed by atoms with van der Waals surface area (Å²) < 4.78 is 70.8. The Morgan fingerprint density at radius 1 is 0.903 bits per heavy atom. The molecule has 1 atom stereocenters. The lowest BCUT2D eigenvalue weighted by Crippen LogP contribution is -2.41. The van der Waals surface area contributed by atoms with Crippen LogP contribution in [0, 0.1) is 17.5 Å². The van der Waals surface area contributed by atoms with Crippen LogP contribution in [0.2, 0.25) is 0 Å². The summed E-state index contributed by atoms with van der Waals surface area (Å²) in [5, 5.41) is 2.80. The fourth-order valence-electron chi connectivity index (χ4n) is 3.52. The van der Waals surface area contributed by atoms with Crippen molar-refractivity contribution in [2.75, 3.05) is 5.32 Å². The minimum atomic E-state index is -4.07. The van der Waals surface area contributed by atoms with E-state index in [1.807, 2.05) is 0 Å². The minimum absolute atomic E-state index is 0.00809. The largest absolute Gasteiger partial charge is 0.324 e. The molecule has 0 amide bonds. The van der Waals surface area contributed by atoms with Gasteiger partial charge >= 0.3 is 0 Å². The molecule has 3 aromatic carbocycles. The zero-order valence-electron chi connectivity index (χ0n) is 16.4. The van der Waals surface area contributed by atoms with E-state index in [9.17, 15) is 21.6 Å². The maximum absolute atomic E-state index is 14.9. The van der Waals surface area contributed by atoms with Crippen LogP contribution in [-0.4, -0.2) is 14.4 Å². The van der Waals surface area contributed by atoms with Crippen LogP contribution < -0.4 is 10.0 Å². The molecule has 1 heterocycles. The molecule has 0 aliphatic carbocycles. The number of sulfonamides is 1. The third-order valence-electron chi connectivity index (χ3n) is 5.09. The van der Waals surface area contributed by atoms with E-state index in [-0.39, 0.29) is 39.8 Å². The first-order valence-electron chi connectivity index (χ1n) is 9.42. The maximum atomic E-state index is 14.9. The van der Waals surface area contributed by atoms with E-state index in [1.54, 1.807) is 19.1 Å². The van der Waals surface area contributed by atoms with Gasteiger partial charge in [-0.25, -0.2) is 31.3 Å². The Morgan fingerprint density at radius 2 is 1.58 bits per heavy atom. The highest BCUT2D eigenvalue weighted by atomic mass is 32.2. The fourth-order valence-corrected chi connectivity index (χ4v) is 4.68. The van der Waals surface area contributed by atoms with E-state index in [0.29, 0.717) is 0 Å². The van der Waals surface area contributed by atoms with E-state index in [2.05, 4.69) is 15.0 Å². The Balaban J connectivity index is 1.78. The van der Waals surface area contributed by atoms with E-state index in [4.69, 9.17) is 0 Å². The molecule has 0 fully saturated rings. The number of halogens is 3. The van der Waals surface area contributed by atoms with Gasteiger partial charge in [-0.1, -0.05) is 43.3 Å². The van der Waals surface area contributed by atoms with Gasteiger partial charge in [0.2, 0.25) is 5.96 Å². The smallest absolute Gasteiger partial charge is 0.266 e. The molecular weight excluding hydrogens is 427 g/mol. The first kappa shape index (κ1) is 20.9. The van der Waals surface area contributed by atoms with Crippen molar-refractivity contribution in [1.82, 2.24) is 4.72 Å². The highest BCUT2D eigenvalue weighted by Crippen LogP contribution is 2.38. The quantitative estimate of drug-likeness (QED) is 0.621. The number of anilines is 1. The van der Waals surface area contributed by atoms with Crippen LogP contribution in [0.25, 0.3) is 0 Å². The summed E-state index contributed by atoms with van der Waals surface area (Å²) in [5.74, 6) is -2.66. The number of rotatable bonds is 4.